The van der Waals surface area contributed by atoms with E-state index in [0.29, 0.717) is 23.4 Å². The van der Waals surface area contributed by atoms with Gasteiger partial charge in [0.25, 0.3) is 0 Å². The lowest BCUT2D eigenvalue weighted by Crippen LogP contribution is -2.53. The number of aromatic nitrogens is 1. The summed E-state index contributed by atoms with van der Waals surface area (Å²) in [5.41, 5.74) is -2.40. The summed E-state index contributed by atoms with van der Waals surface area (Å²) in [5, 5.41) is 14.7. The van der Waals surface area contributed by atoms with Gasteiger partial charge in [-0.15, -0.1) is 11.3 Å². The quantitative estimate of drug-likeness (QED) is 0.535. The highest BCUT2D eigenvalue weighted by atomic mass is 32.1. The van der Waals surface area contributed by atoms with Gasteiger partial charge in [-0.05, 0) is 39.2 Å². The highest BCUT2D eigenvalue weighted by molar-refractivity contribution is 7.14. The van der Waals surface area contributed by atoms with Gasteiger partial charge in [-0.2, -0.15) is 18.4 Å². The van der Waals surface area contributed by atoms with Crippen molar-refractivity contribution in [2.45, 2.75) is 69.5 Å². The van der Waals surface area contributed by atoms with E-state index in [1.165, 1.54) is 49.4 Å². The van der Waals surface area contributed by atoms with Gasteiger partial charge in [0.15, 0.2) is 0 Å². The zero-order valence-electron chi connectivity index (χ0n) is 17.9. The summed E-state index contributed by atoms with van der Waals surface area (Å²) < 4.78 is 56.2. The van der Waals surface area contributed by atoms with E-state index < -0.39 is 41.8 Å². The molecule has 1 aliphatic rings. The van der Waals surface area contributed by atoms with Crippen molar-refractivity contribution in [3.05, 3.63) is 40.9 Å². The Kier molecular flexibility index (Phi) is 6.63. The molecule has 10 heteroatoms. The number of amides is 1. The first-order valence-electron chi connectivity index (χ1n) is 10.1. The summed E-state index contributed by atoms with van der Waals surface area (Å²) in [4.78, 5) is 17.9. The molecule has 1 heterocycles. The van der Waals surface area contributed by atoms with Crippen molar-refractivity contribution >= 4 is 17.2 Å². The standard InChI is InChI=1S/C22H24F4N4OS/c1-13-11-28-19(32-13)15-6-4-14(5-7-15)17(22(24,25)26)29-16(10-20(2,3)23)18(31)30-21(12-27)8-9-21/h4-7,11,16-17,29H,8-10H2,1-3H3,(H,30,31)/t16-,17-/m0/s1. The molecule has 2 aromatic rings. The van der Waals surface area contributed by atoms with Crippen LogP contribution in [-0.4, -0.2) is 34.3 Å². The Labute approximate surface area is 187 Å². The maximum absolute atomic E-state index is 14.3. The number of thiazole rings is 1. The Hall–Kier alpha value is -2.51. The van der Waals surface area contributed by atoms with E-state index in [2.05, 4.69) is 15.6 Å². The summed E-state index contributed by atoms with van der Waals surface area (Å²) >= 11 is 1.42. The predicted molar refractivity (Wildman–Crippen MR) is 114 cm³/mol. The van der Waals surface area contributed by atoms with E-state index in [-0.39, 0.29) is 5.56 Å². The minimum absolute atomic E-state index is 0.106. The summed E-state index contributed by atoms with van der Waals surface area (Å²) in [6, 6.07) is 4.02. The van der Waals surface area contributed by atoms with Gasteiger partial charge < -0.3 is 5.32 Å². The van der Waals surface area contributed by atoms with Crippen LogP contribution in [0.4, 0.5) is 17.6 Å². The molecule has 2 N–H and O–H groups in total. The molecule has 0 aliphatic heterocycles. The fourth-order valence-electron chi connectivity index (χ4n) is 3.31. The summed E-state index contributed by atoms with van der Waals surface area (Å²) in [6.45, 7) is 4.27. The van der Waals surface area contributed by atoms with Crippen LogP contribution in [0, 0.1) is 18.3 Å². The molecular weight excluding hydrogens is 444 g/mol. The molecule has 1 saturated carbocycles. The first-order chi connectivity index (χ1) is 14.8. The lowest BCUT2D eigenvalue weighted by atomic mass is 9.97. The molecule has 3 rings (SSSR count). The lowest BCUT2D eigenvalue weighted by molar-refractivity contribution is -0.161. The van der Waals surface area contributed by atoms with Gasteiger partial charge >= 0.3 is 6.18 Å². The number of aryl methyl sites for hydroxylation is 1. The van der Waals surface area contributed by atoms with E-state index in [1.54, 1.807) is 6.20 Å². The Morgan fingerprint density at radius 1 is 1.25 bits per heavy atom. The Balaban J connectivity index is 1.86. The number of hydrogen-bond acceptors (Lipinski definition) is 5. The molecular formula is C22H24F4N4OS. The third kappa shape index (κ3) is 6.04. The third-order valence-corrected chi connectivity index (χ3v) is 6.10. The number of hydrogen-bond donors (Lipinski definition) is 2. The normalized spacial score (nSPS) is 17.3. The Bertz CT molecular complexity index is 1000. The maximum Gasteiger partial charge on any atom is 0.407 e. The number of halogens is 4. The fourth-order valence-corrected chi connectivity index (χ4v) is 4.08. The van der Waals surface area contributed by atoms with Crippen molar-refractivity contribution in [3.63, 3.8) is 0 Å². The van der Waals surface area contributed by atoms with Crippen molar-refractivity contribution in [2.24, 2.45) is 0 Å². The van der Waals surface area contributed by atoms with Crippen molar-refractivity contribution in [2.75, 3.05) is 0 Å². The number of nitrogens with zero attached hydrogens (tertiary/aromatic N) is 2. The Morgan fingerprint density at radius 2 is 1.88 bits per heavy atom. The van der Waals surface area contributed by atoms with E-state index in [9.17, 15) is 27.6 Å². The van der Waals surface area contributed by atoms with Gasteiger partial charge in [0, 0.05) is 23.1 Å². The van der Waals surface area contributed by atoms with Gasteiger partial charge in [0.1, 0.15) is 22.3 Å². The molecule has 1 aliphatic carbocycles. The molecule has 5 nitrogen and oxygen atoms in total. The number of benzene rings is 1. The molecule has 1 fully saturated rings. The average molecular weight is 469 g/mol. The van der Waals surface area contributed by atoms with Crippen LogP contribution in [-0.2, 0) is 4.79 Å². The second-order valence-corrected chi connectivity index (χ2v) is 9.93. The minimum atomic E-state index is -4.73. The highest BCUT2D eigenvalue weighted by Gasteiger charge is 2.48. The van der Waals surface area contributed by atoms with Gasteiger partial charge in [0.05, 0.1) is 12.1 Å². The van der Waals surface area contributed by atoms with Crippen LogP contribution in [0.3, 0.4) is 0 Å². The van der Waals surface area contributed by atoms with Gasteiger partial charge in [-0.25, -0.2) is 9.37 Å². The molecule has 1 aromatic carbocycles. The zero-order chi connectivity index (χ0) is 23.7. The number of nitriles is 1. The molecule has 32 heavy (non-hydrogen) atoms. The minimum Gasteiger partial charge on any atom is -0.336 e. The van der Waals surface area contributed by atoms with Crippen LogP contribution in [0.2, 0.25) is 0 Å². The molecule has 1 aromatic heterocycles. The molecule has 1 amide bonds. The SMILES string of the molecule is Cc1cnc(-c2ccc([C@H](N[C@@H](CC(C)(C)F)C(=O)NC3(C#N)CC3)C(F)(F)F)cc2)s1. The maximum atomic E-state index is 14.3. The number of alkyl halides is 4. The smallest absolute Gasteiger partial charge is 0.336 e. The van der Waals surface area contributed by atoms with Crippen molar-refractivity contribution in [1.29, 1.82) is 5.26 Å². The molecule has 0 saturated heterocycles. The highest BCUT2D eigenvalue weighted by Crippen LogP contribution is 2.37. The summed E-state index contributed by atoms with van der Waals surface area (Å²) in [7, 11) is 0. The second kappa shape index (κ2) is 8.79. The fraction of sp³-hybridized carbons (Fsp3) is 0.500. The molecule has 172 valence electrons. The van der Waals surface area contributed by atoms with Crippen LogP contribution in [0.1, 0.15) is 49.6 Å². The van der Waals surface area contributed by atoms with Crippen LogP contribution in [0.25, 0.3) is 10.6 Å². The lowest BCUT2D eigenvalue weighted by Gasteiger charge is -2.30. The van der Waals surface area contributed by atoms with Gasteiger partial charge in [-0.3, -0.25) is 10.1 Å². The first kappa shape index (κ1) is 24.1. The zero-order valence-corrected chi connectivity index (χ0v) is 18.7. The van der Waals surface area contributed by atoms with E-state index in [1.807, 2.05) is 13.0 Å². The number of carbonyl (C=O) groups is 1. The summed E-state index contributed by atoms with van der Waals surface area (Å²) in [6.07, 6.45) is -2.69. The average Bonchev–Trinajstić information content (AvgIpc) is 3.33. The largest absolute Gasteiger partial charge is 0.407 e. The van der Waals surface area contributed by atoms with E-state index >= 15 is 0 Å². The molecule has 2 atom stereocenters. The topological polar surface area (TPSA) is 77.8 Å². The summed E-state index contributed by atoms with van der Waals surface area (Å²) in [5.74, 6) is -0.820. The predicted octanol–water partition coefficient (Wildman–Crippen LogP) is 4.99. The van der Waals surface area contributed by atoms with Crippen LogP contribution >= 0.6 is 11.3 Å². The van der Waals surface area contributed by atoms with Crippen molar-refractivity contribution in [1.82, 2.24) is 15.6 Å². The van der Waals surface area contributed by atoms with Crippen LogP contribution in [0.15, 0.2) is 30.5 Å². The third-order valence-electron chi connectivity index (χ3n) is 5.14. The first-order valence-corrected chi connectivity index (χ1v) is 10.9. The number of nitrogens with one attached hydrogen (secondary N) is 2. The Morgan fingerprint density at radius 3 is 2.31 bits per heavy atom. The van der Waals surface area contributed by atoms with Crippen LogP contribution < -0.4 is 10.6 Å². The van der Waals surface area contributed by atoms with E-state index in [0.717, 1.165) is 4.88 Å². The van der Waals surface area contributed by atoms with Crippen molar-refractivity contribution in [3.8, 4) is 16.6 Å². The number of carbonyl (C=O) groups excluding carboxylic acids is 1. The van der Waals surface area contributed by atoms with E-state index in [4.69, 9.17) is 0 Å². The molecule has 0 bridgehead atoms. The van der Waals surface area contributed by atoms with Gasteiger partial charge in [0.2, 0.25) is 5.91 Å². The molecule has 0 spiro atoms. The second-order valence-electron chi connectivity index (χ2n) is 8.70. The van der Waals surface area contributed by atoms with Crippen LogP contribution in [0.5, 0.6) is 0 Å². The van der Waals surface area contributed by atoms with Gasteiger partial charge in [-0.1, -0.05) is 24.3 Å². The number of rotatable bonds is 8. The molecule has 0 radical (unpaired) electrons. The molecule has 0 unspecified atom stereocenters. The monoisotopic (exact) mass is 468 g/mol. The van der Waals surface area contributed by atoms with Crippen molar-refractivity contribution < 1.29 is 22.4 Å².